The molecule has 0 saturated carbocycles. The number of aromatic hydroxyl groups is 1. The summed E-state index contributed by atoms with van der Waals surface area (Å²) in [6.45, 7) is 6.10. The predicted octanol–water partition coefficient (Wildman–Crippen LogP) is 2.46. The molecule has 0 amide bonds. The number of aromatic nitrogens is 3. The Labute approximate surface area is 149 Å². The molecule has 8 heteroatoms. The van der Waals surface area contributed by atoms with E-state index in [1.165, 1.54) is 4.88 Å². The summed E-state index contributed by atoms with van der Waals surface area (Å²) in [5, 5.41) is 17.3. The first-order valence-electron chi connectivity index (χ1n) is 8.20. The van der Waals surface area contributed by atoms with Crippen LogP contribution in [0.4, 0.5) is 0 Å². The summed E-state index contributed by atoms with van der Waals surface area (Å²) in [6.07, 6.45) is 0.774. The van der Waals surface area contributed by atoms with Gasteiger partial charge >= 0.3 is 0 Å². The molecule has 3 aromatic heterocycles. The second kappa shape index (κ2) is 6.44. The molecule has 6 nitrogen and oxygen atoms in total. The maximum atomic E-state index is 10.8. The van der Waals surface area contributed by atoms with Gasteiger partial charge in [-0.25, -0.2) is 4.98 Å². The van der Waals surface area contributed by atoms with E-state index in [0.717, 1.165) is 48.3 Å². The molecule has 0 bridgehead atoms. The highest BCUT2D eigenvalue weighted by Crippen LogP contribution is 2.41. The fourth-order valence-corrected chi connectivity index (χ4v) is 5.19. The van der Waals surface area contributed by atoms with Crippen LogP contribution in [0.5, 0.6) is 5.88 Å². The minimum atomic E-state index is 0.0808. The molecule has 1 aliphatic heterocycles. The van der Waals surface area contributed by atoms with Gasteiger partial charge in [-0.1, -0.05) is 24.3 Å². The van der Waals surface area contributed by atoms with Gasteiger partial charge in [0, 0.05) is 37.5 Å². The maximum absolute atomic E-state index is 10.8. The van der Waals surface area contributed by atoms with Crippen LogP contribution < -0.4 is 0 Å². The van der Waals surface area contributed by atoms with Crippen LogP contribution in [-0.2, 0) is 6.42 Å². The van der Waals surface area contributed by atoms with Crippen LogP contribution in [0.2, 0.25) is 0 Å². The molecule has 0 aromatic carbocycles. The molecule has 0 aliphatic carbocycles. The molecule has 1 saturated heterocycles. The minimum absolute atomic E-state index is 0.0808. The Bertz CT molecular complexity index is 817. The van der Waals surface area contributed by atoms with Crippen LogP contribution in [0.25, 0.3) is 4.96 Å². The van der Waals surface area contributed by atoms with Gasteiger partial charge in [-0.3, -0.25) is 4.90 Å². The Morgan fingerprint density at radius 2 is 2.08 bits per heavy atom. The van der Waals surface area contributed by atoms with E-state index in [1.54, 1.807) is 27.2 Å². The number of likely N-dealkylation sites (N-methyl/N-ethyl adjacent to an activating group) is 1. The molecule has 1 N–H and O–H groups in total. The second-order valence-electron chi connectivity index (χ2n) is 6.12. The van der Waals surface area contributed by atoms with Gasteiger partial charge < -0.3 is 10.0 Å². The molecule has 1 aliphatic rings. The zero-order valence-electron chi connectivity index (χ0n) is 13.8. The van der Waals surface area contributed by atoms with E-state index in [1.807, 2.05) is 6.92 Å². The summed E-state index contributed by atoms with van der Waals surface area (Å²) in [7, 11) is 2.16. The normalized spacial score (nSPS) is 18.4. The van der Waals surface area contributed by atoms with Crippen LogP contribution in [0, 0.1) is 0 Å². The monoisotopic (exact) mass is 363 g/mol. The van der Waals surface area contributed by atoms with Gasteiger partial charge in [0.25, 0.3) is 0 Å². The molecule has 0 radical (unpaired) electrons. The molecule has 24 heavy (non-hydrogen) atoms. The third kappa shape index (κ3) is 2.73. The van der Waals surface area contributed by atoms with Gasteiger partial charge in [-0.15, -0.1) is 16.4 Å². The molecule has 4 heterocycles. The molecule has 1 fully saturated rings. The first kappa shape index (κ1) is 16.0. The van der Waals surface area contributed by atoms with E-state index >= 15 is 0 Å². The van der Waals surface area contributed by atoms with Crippen LogP contribution >= 0.6 is 22.7 Å². The summed E-state index contributed by atoms with van der Waals surface area (Å²) in [6, 6.07) is 4.31. The summed E-state index contributed by atoms with van der Waals surface area (Å²) >= 11 is 3.29. The lowest BCUT2D eigenvalue weighted by atomic mass is 10.1. The lowest BCUT2D eigenvalue weighted by molar-refractivity contribution is 0.128. The summed E-state index contributed by atoms with van der Waals surface area (Å²) in [5.74, 6) is 1.01. The van der Waals surface area contributed by atoms with Crippen molar-refractivity contribution in [3.63, 3.8) is 0 Å². The number of nitrogens with zero attached hydrogens (tertiary/aromatic N) is 5. The lowest BCUT2D eigenvalue weighted by Crippen LogP contribution is -2.45. The fourth-order valence-electron chi connectivity index (χ4n) is 3.12. The topological polar surface area (TPSA) is 56.9 Å². The van der Waals surface area contributed by atoms with Crippen molar-refractivity contribution in [3.05, 3.63) is 33.1 Å². The highest BCUT2D eigenvalue weighted by molar-refractivity contribution is 7.17. The Kier molecular flexibility index (Phi) is 4.29. The van der Waals surface area contributed by atoms with Gasteiger partial charge in [-0.2, -0.15) is 4.52 Å². The van der Waals surface area contributed by atoms with E-state index in [9.17, 15) is 5.11 Å². The van der Waals surface area contributed by atoms with Crippen molar-refractivity contribution in [2.24, 2.45) is 0 Å². The van der Waals surface area contributed by atoms with Gasteiger partial charge in [-0.05, 0) is 18.5 Å². The number of thiophene rings is 1. The van der Waals surface area contributed by atoms with Crippen molar-refractivity contribution in [1.82, 2.24) is 24.4 Å². The smallest absolute Gasteiger partial charge is 0.230 e. The average molecular weight is 364 g/mol. The molecule has 1 unspecified atom stereocenters. The second-order valence-corrected chi connectivity index (χ2v) is 8.11. The molecule has 4 rings (SSSR count). The molecular weight excluding hydrogens is 342 g/mol. The Morgan fingerprint density at radius 1 is 1.29 bits per heavy atom. The number of fused-ring (bicyclic) bond motifs is 1. The van der Waals surface area contributed by atoms with Crippen molar-refractivity contribution < 1.29 is 5.11 Å². The predicted molar refractivity (Wildman–Crippen MR) is 97.1 cm³/mol. The van der Waals surface area contributed by atoms with Crippen LogP contribution in [0.3, 0.4) is 0 Å². The zero-order valence-corrected chi connectivity index (χ0v) is 15.5. The van der Waals surface area contributed by atoms with Crippen molar-refractivity contribution >= 4 is 27.6 Å². The molecular formula is C16H21N5OS2. The van der Waals surface area contributed by atoms with E-state index in [0.29, 0.717) is 0 Å². The molecule has 3 aromatic rings. The van der Waals surface area contributed by atoms with Gasteiger partial charge in [0.15, 0.2) is 5.82 Å². The quantitative estimate of drug-likeness (QED) is 0.772. The largest absolute Gasteiger partial charge is 0.492 e. The van der Waals surface area contributed by atoms with Crippen LogP contribution in [0.1, 0.15) is 28.5 Å². The Morgan fingerprint density at radius 3 is 2.71 bits per heavy atom. The number of aryl methyl sites for hydroxylation is 1. The van der Waals surface area contributed by atoms with E-state index in [2.05, 4.69) is 44.4 Å². The Balaban J connectivity index is 1.76. The van der Waals surface area contributed by atoms with Gasteiger partial charge in [0.05, 0.1) is 10.9 Å². The highest BCUT2D eigenvalue weighted by Gasteiger charge is 2.31. The van der Waals surface area contributed by atoms with Crippen molar-refractivity contribution in [2.45, 2.75) is 19.4 Å². The third-order valence-electron chi connectivity index (χ3n) is 4.52. The lowest BCUT2D eigenvalue weighted by Gasteiger charge is -2.37. The third-order valence-corrected chi connectivity index (χ3v) is 6.52. The molecule has 128 valence electrons. The number of rotatable bonds is 4. The number of hydrogen-bond donors (Lipinski definition) is 1. The Hall–Kier alpha value is -1.48. The van der Waals surface area contributed by atoms with Crippen molar-refractivity contribution in [2.75, 3.05) is 33.2 Å². The van der Waals surface area contributed by atoms with Crippen LogP contribution in [-0.4, -0.2) is 62.7 Å². The summed E-state index contributed by atoms with van der Waals surface area (Å²) in [5.41, 5.74) is 0. The maximum Gasteiger partial charge on any atom is 0.230 e. The van der Waals surface area contributed by atoms with Crippen molar-refractivity contribution in [3.8, 4) is 5.88 Å². The summed E-state index contributed by atoms with van der Waals surface area (Å²) in [4.78, 5) is 12.3. The number of piperazine rings is 1. The van der Waals surface area contributed by atoms with Crippen LogP contribution in [0.15, 0.2) is 17.5 Å². The molecule has 1 atom stereocenters. The standard InChI is InChI=1S/C16H21N5OS2/c1-3-12-17-16-21(18-12)15(22)14(24-16)13(11-5-4-10-23-11)20-8-6-19(2)7-9-20/h4-5,10,13,22H,3,6-9H2,1-2H3. The first-order chi connectivity index (χ1) is 11.7. The highest BCUT2D eigenvalue weighted by atomic mass is 32.1. The number of hydrogen-bond acceptors (Lipinski definition) is 7. The summed E-state index contributed by atoms with van der Waals surface area (Å²) < 4.78 is 1.59. The zero-order chi connectivity index (χ0) is 16.7. The SMILES string of the molecule is CCc1nc2sc(C(c3cccs3)N3CCN(C)CC3)c(O)n2n1. The number of thiazole rings is 1. The van der Waals surface area contributed by atoms with E-state index < -0.39 is 0 Å². The van der Waals surface area contributed by atoms with Gasteiger partial charge in [0.2, 0.25) is 10.8 Å². The van der Waals surface area contributed by atoms with E-state index in [-0.39, 0.29) is 11.9 Å². The fraction of sp³-hybridized carbons (Fsp3) is 0.500. The van der Waals surface area contributed by atoms with Gasteiger partial charge in [0.1, 0.15) is 0 Å². The van der Waals surface area contributed by atoms with E-state index in [4.69, 9.17) is 0 Å². The molecule has 0 spiro atoms. The first-order valence-corrected chi connectivity index (χ1v) is 9.90. The van der Waals surface area contributed by atoms with Crippen molar-refractivity contribution in [1.29, 1.82) is 0 Å². The average Bonchev–Trinajstić information content (AvgIpc) is 3.29. The minimum Gasteiger partial charge on any atom is -0.492 e.